The number of pyridine rings is 1. The molecule has 0 unspecified atom stereocenters. The molecule has 0 radical (unpaired) electrons. The first-order valence-corrected chi connectivity index (χ1v) is 9.24. The van der Waals surface area contributed by atoms with Gasteiger partial charge in [0.05, 0.1) is 17.1 Å². The van der Waals surface area contributed by atoms with E-state index in [4.69, 9.17) is 9.94 Å². The summed E-state index contributed by atoms with van der Waals surface area (Å²) in [5.74, 6) is 0.463. The van der Waals surface area contributed by atoms with Gasteiger partial charge in [-0.3, -0.25) is 10.3 Å². The van der Waals surface area contributed by atoms with Crippen molar-refractivity contribution in [1.29, 1.82) is 0 Å². The van der Waals surface area contributed by atoms with Crippen LogP contribution in [0.4, 0.5) is 10.5 Å². The smallest absolute Gasteiger partial charge is 0.409 e. The Kier molecular flexibility index (Phi) is 6.05. The average molecular weight is 409 g/mol. The lowest BCUT2D eigenvalue weighted by atomic mass is 9.90. The average Bonchev–Trinajstić information content (AvgIpc) is 3.11. The van der Waals surface area contributed by atoms with Crippen molar-refractivity contribution in [1.82, 2.24) is 25.2 Å². The Labute approximate surface area is 173 Å². The highest BCUT2D eigenvalue weighted by Gasteiger charge is 2.22. The second-order valence-electron chi connectivity index (χ2n) is 7.58. The first-order chi connectivity index (χ1) is 14.3. The van der Waals surface area contributed by atoms with Gasteiger partial charge >= 0.3 is 6.09 Å². The molecule has 2 heterocycles. The zero-order chi connectivity index (χ0) is 21.7. The SMILES string of the molecule is Cn1nnnc1C(=NOCc1ccc(NC(=O)O)c(C(C)(C)C)n1)c1ccccc1. The van der Waals surface area contributed by atoms with E-state index in [0.29, 0.717) is 28.6 Å². The molecule has 1 amide bonds. The molecule has 0 bridgehead atoms. The van der Waals surface area contributed by atoms with Gasteiger partial charge in [0, 0.05) is 18.0 Å². The Morgan fingerprint density at radius 2 is 1.93 bits per heavy atom. The van der Waals surface area contributed by atoms with Crippen molar-refractivity contribution in [2.24, 2.45) is 12.2 Å². The first kappa shape index (κ1) is 20.9. The van der Waals surface area contributed by atoms with Crippen LogP contribution in [0.25, 0.3) is 0 Å². The van der Waals surface area contributed by atoms with E-state index < -0.39 is 6.09 Å². The summed E-state index contributed by atoms with van der Waals surface area (Å²) in [5.41, 5.74) is 2.61. The zero-order valence-electron chi connectivity index (χ0n) is 17.2. The standard InChI is InChI=1S/C20H23N7O3/c1-20(2,3)17-15(22-19(28)29)11-10-14(21-17)12-30-24-16(13-8-6-5-7-9-13)18-23-25-26-27(18)4/h5-11,22H,12H2,1-4H3,(H,28,29). The number of hydrogen-bond donors (Lipinski definition) is 2. The minimum absolute atomic E-state index is 0.0953. The van der Waals surface area contributed by atoms with E-state index in [2.05, 4.69) is 31.0 Å². The maximum absolute atomic E-state index is 11.1. The Morgan fingerprint density at radius 1 is 1.20 bits per heavy atom. The minimum atomic E-state index is -1.14. The summed E-state index contributed by atoms with van der Waals surface area (Å²) >= 11 is 0. The van der Waals surface area contributed by atoms with Crippen LogP contribution in [0, 0.1) is 0 Å². The highest BCUT2D eigenvalue weighted by molar-refractivity contribution is 6.10. The maximum Gasteiger partial charge on any atom is 0.409 e. The van der Waals surface area contributed by atoms with E-state index in [-0.39, 0.29) is 12.0 Å². The second-order valence-corrected chi connectivity index (χ2v) is 7.58. The maximum atomic E-state index is 11.1. The van der Waals surface area contributed by atoms with E-state index in [1.54, 1.807) is 19.2 Å². The topological polar surface area (TPSA) is 127 Å². The van der Waals surface area contributed by atoms with Gasteiger partial charge in [0.2, 0.25) is 5.82 Å². The lowest BCUT2D eigenvalue weighted by molar-refractivity contribution is 0.127. The molecule has 0 spiro atoms. The number of carboxylic acid groups (broad SMARTS) is 1. The summed E-state index contributed by atoms with van der Waals surface area (Å²) in [4.78, 5) is 21.2. The number of rotatable bonds is 6. The Balaban J connectivity index is 1.86. The third-order valence-electron chi connectivity index (χ3n) is 4.15. The van der Waals surface area contributed by atoms with Crippen molar-refractivity contribution in [3.63, 3.8) is 0 Å². The highest BCUT2D eigenvalue weighted by Crippen LogP contribution is 2.28. The summed E-state index contributed by atoms with van der Waals surface area (Å²) in [6, 6.07) is 12.8. The molecule has 3 rings (SSSR count). The van der Waals surface area contributed by atoms with Crippen molar-refractivity contribution < 1.29 is 14.7 Å². The summed E-state index contributed by atoms with van der Waals surface area (Å²) in [6.07, 6.45) is -1.14. The van der Waals surface area contributed by atoms with Crippen molar-refractivity contribution >= 4 is 17.5 Å². The molecule has 0 aliphatic rings. The molecule has 1 aromatic carbocycles. The number of oxime groups is 1. The molecule has 10 heteroatoms. The summed E-state index contributed by atoms with van der Waals surface area (Å²) < 4.78 is 1.51. The van der Waals surface area contributed by atoms with E-state index >= 15 is 0 Å². The van der Waals surface area contributed by atoms with E-state index in [0.717, 1.165) is 5.56 Å². The quantitative estimate of drug-likeness (QED) is 0.473. The number of nitrogens with one attached hydrogen (secondary N) is 1. The minimum Gasteiger partial charge on any atom is -0.465 e. The van der Waals surface area contributed by atoms with Crippen LogP contribution in [-0.4, -0.2) is 42.1 Å². The lowest BCUT2D eigenvalue weighted by Crippen LogP contribution is -2.20. The van der Waals surface area contributed by atoms with Crippen LogP contribution in [0.1, 0.15) is 43.5 Å². The molecule has 2 N–H and O–H groups in total. The fourth-order valence-corrected chi connectivity index (χ4v) is 2.78. The van der Waals surface area contributed by atoms with E-state index in [9.17, 15) is 4.79 Å². The normalized spacial score (nSPS) is 11.9. The number of amides is 1. The third-order valence-corrected chi connectivity index (χ3v) is 4.15. The lowest BCUT2D eigenvalue weighted by Gasteiger charge is -2.22. The van der Waals surface area contributed by atoms with Gasteiger partial charge in [0.1, 0.15) is 0 Å². The molecular formula is C20H23N7O3. The van der Waals surface area contributed by atoms with Gasteiger partial charge in [0.25, 0.3) is 0 Å². The van der Waals surface area contributed by atoms with Crippen molar-refractivity contribution in [2.75, 3.05) is 5.32 Å². The van der Waals surface area contributed by atoms with Crippen LogP contribution >= 0.6 is 0 Å². The third kappa shape index (κ3) is 4.96. The number of anilines is 1. The van der Waals surface area contributed by atoms with Crippen LogP contribution in [0.3, 0.4) is 0 Å². The van der Waals surface area contributed by atoms with E-state index in [1.807, 2.05) is 51.1 Å². The predicted octanol–water partition coefficient (Wildman–Crippen LogP) is 2.96. The Hall–Kier alpha value is -3.82. The largest absolute Gasteiger partial charge is 0.465 e. The van der Waals surface area contributed by atoms with Crippen LogP contribution < -0.4 is 5.32 Å². The van der Waals surface area contributed by atoms with Gasteiger partial charge in [-0.25, -0.2) is 9.48 Å². The molecule has 2 aromatic heterocycles. The predicted molar refractivity (Wildman–Crippen MR) is 110 cm³/mol. The summed E-state index contributed by atoms with van der Waals surface area (Å²) in [7, 11) is 1.72. The Morgan fingerprint density at radius 3 is 2.53 bits per heavy atom. The zero-order valence-corrected chi connectivity index (χ0v) is 17.2. The number of hydrogen-bond acceptors (Lipinski definition) is 7. The van der Waals surface area contributed by atoms with Gasteiger partial charge < -0.3 is 9.94 Å². The van der Waals surface area contributed by atoms with Crippen molar-refractivity contribution in [3.05, 3.63) is 65.2 Å². The fraction of sp³-hybridized carbons (Fsp3) is 0.300. The number of aromatic nitrogens is 5. The van der Waals surface area contributed by atoms with Crippen molar-refractivity contribution in [3.8, 4) is 0 Å². The van der Waals surface area contributed by atoms with Crippen LogP contribution in [-0.2, 0) is 23.9 Å². The van der Waals surface area contributed by atoms with Crippen LogP contribution in [0.2, 0.25) is 0 Å². The number of nitrogens with zero attached hydrogens (tertiary/aromatic N) is 6. The van der Waals surface area contributed by atoms with E-state index in [1.165, 1.54) is 4.68 Å². The number of tetrazole rings is 1. The van der Waals surface area contributed by atoms with Gasteiger partial charge in [-0.05, 0) is 22.6 Å². The monoisotopic (exact) mass is 409 g/mol. The summed E-state index contributed by atoms with van der Waals surface area (Å²) in [5, 5.41) is 27.2. The molecule has 0 aliphatic heterocycles. The molecule has 156 valence electrons. The molecule has 0 saturated carbocycles. The second kappa shape index (κ2) is 8.68. The molecular weight excluding hydrogens is 386 g/mol. The number of aryl methyl sites for hydroxylation is 1. The molecule has 0 atom stereocenters. The fourth-order valence-electron chi connectivity index (χ4n) is 2.78. The summed E-state index contributed by atoms with van der Waals surface area (Å²) in [6.45, 7) is 5.97. The van der Waals surface area contributed by atoms with Gasteiger partial charge in [-0.1, -0.05) is 56.3 Å². The number of benzene rings is 1. The van der Waals surface area contributed by atoms with Crippen LogP contribution in [0.15, 0.2) is 47.6 Å². The van der Waals surface area contributed by atoms with Gasteiger partial charge in [-0.2, -0.15) is 0 Å². The number of carbonyl (C=O) groups is 1. The molecule has 0 fully saturated rings. The molecule has 30 heavy (non-hydrogen) atoms. The van der Waals surface area contributed by atoms with Crippen LogP contribution in [0.5, 0.6) is 0 Å². The molecule has 0 saturated heterocycles. The highest BCUT2D eigenvalue weighted by atomic mass is 16.6. The molecule has 3 aromatic rings. The first-order valence-electron chi connectivity index (χ1n) is 9.24. The Bertz CT molecular complexity index is 1060. The van der Waals surface area contributed by atoms with Crippen molar-refractivity contribution in [2.45, 2.75) is 32.8 Å². The molecule has 10 nitrogen and oxygen atoms in total. The van der Waals surface area contributed by atoms with Gasteiger partial charge in [0.15, 0.2) is 12.3 Å². The molecule has 0 aliphatic carbocycles. The van der Waals surface area contributed by atoms with Gasteiger partial charge in [-0.15, -0.1) is 5.10 Å².